The van der Waals surface area contributed by atoms with Crippen molar-refractivity contribution < 1.29 is 4.74 Å². The zero-order chi connectivity index (χ0) is 22.2. The molecule has 4 rings (SSSR count). The molecule has 0 amide bonds. The lowest BCUT2D eigenvalue weighted by Gasteiger charge is -2.35. The molecule has 1 aliphatic heterocycles. The normalized spacial score (nSPS) is 15.2. The lowest BCUT2D eigenvalue weighted by Crippen LogP contribution is -2.24. The van der Waals surface area contributed by atoms with Crippen LogP contribution in [-0.2, 0) is 6.42 Å². The van der Waals surface area contributed by atoms with E-state index in [1.54, 1.807) is 0 Å². The summed E-state index contributed by atoms with van der Waals surface area (Å²) in [6.45, 7) is 3.03. The Labute approximate surface area is 193 Å². The van der Waals surface area contributed by atoms with E-state index in [1.807, 2.05) is 0 Å². The molecule has 0 N–H and O–H groups in total. The average Bonchev–Trinajstić information content (AvgIpc) is 2.84. The Morgan fingerprint density at radius 3 is 2.34 bits per heavy atom. The van der Waals surface area contributed by atoms with Crippen molar-refractivity contribution in [3.8, 4) is 5.75 Å². The maximum atomic E-state index is 6.20. The van der Waals surface area contributed by atoms with E-state index >= 15 is 0 Å². The van der Waals surface area contributed by atoms with Crippen LogP contribution in [0.5, 0.6) is 5.75 Å². The van der Waals surface area contributed by atoms with E-state index in [2.05, 4.69) is 104 Å². The molecule has 0 saturated heterocycles. The number of rotatable bonds is 10. The molecule has 0 saturated carbocycles. The molecular weight excluding hydrogens is 390 g/mol. The lowest BCUT2D eigenvalue weighted by molar-refractivity contribution is 0.300. The largest absolute Gasteiger partial charge is 0.494 e. The highest BCUT2D eigenvalue weighted by molar-refractivity contribution is 5.83. The van der Waals surface area contributed by atoms with Crippen LogP contribution in [0.25, 0.3) is 5.57 Å². The Morgan fingerprint density at radius 1 is 0.844 bits per heavy atom. The van der Waals surface area contributed by atoms with Gasteiger partial charge in [-0.15, -0.1) is 0 Å². The first-order chi connectivity index (χ1) is 15.8. The molecule has 2 nitrogen and oxygen atoms in total. The Kier molecular flexibility index (Phi) is 7.66. The number of hydrogen-bond donors (Lipinski definition) is 0. The van der Waals surface area contributed by atoms with Crippen LogP contribution in [0.2, 0.25) is 0 Å². The van der Waals surface area contributed by atoms with Crippen LogP contribution < -0.4 is 4.74 Å². The van der Waals surface area contributed by atoms with Gasteiger partial charge in [0, 0.05) is 18.8 Å². The van der Waals surface area contributed by atoms with Crippen LogP contribution in [0.4, 0.5) is 0 Å². The highest BCUT2D eigenvalue weighted by Gasteiger charge is 2.26. The zero-order valence-electron chi connectivity index (χ0n) is 19.5. The first-order valence-electron chi connectivity index (χ1n) is 12.1. The maximum absolute atomic E-state index is 6.20. The molecule has 3 aromatic carbocycles. The van der Waals surface area contributed by atoms with E-state index in [1.165, 1.54) is 47.1 Å². The minimum atomic E-state index is 0.428. The average molecular weight is 426 g/mol. The fourth-order valence-corrected chi connectivity index (χ4v) is 4.60. The van der Waals surface area contributed by atoms with Gasteiger partial charge in [-0.25, -0.2) is 0 Å². The first kappa shape index (κ1) is 22.2. The minimum Gasteiger partial charge on any atom is -0.494 e. The smallest absolute Gasteiger partial charge is 0.119 e. The third kappa shape index (κ3) is 5.43. The molecule has 1 atom stereocenters. The summed E-state index contributed by atoms with van der Waals surface area (Å²) in [6.07, 6.45) is 9.28. The van der Waals surface area contributed by atoms with Crippen molar-refractivity contribution in [2.75, 3.05) is 13.7 Å². The summed E-state index contributed by atoms with van der Waals surface area (Å²) in [5.74, 6) is 0.976. The van der Waals surface area contributed by atoms with Gasteiger partial charge in [0.1, 0.15) is 5.75 Å². The van der Waals surface area contributed by atoms with Gasteiger partial charge in [-0.2, -0.15) is 0 Å². The molecule has 166 valence electrons. The van der Waals surface area contributed by atoms with E-state index in [0.29, 0.717) is 6.04 Å². The number of aryl methyl sites for hydroxylation is 1. The molecule has 1 unspecified atom stereocenters. The second-order valence-electron chi connectivity index (χ2n) is 8.77. The molecular formula is C30H35NO. The van der Waals surface area contributed by atoms with Crippen molar-refractivity contribution in [3.05, 3.63) is 107 Å². The van der Waals surface area contributed by atoms with E-state index in [0.717, 1.165) is 31.6 Å². The van der Waals surface area contributed by atoms with Crippen molar-refractivity contribution in [2.24, 2.45) is 0 Å². The number of hydrogen-bond acceptors (Lipinski definition) is 2. The van der Waals surface area contributed by atoms with Gasteiger partial charge in [-0.05, 0) is 60.1 Å². The first-order valence-corrected chi connectivity index (χ1v) is 12.1. The standard InChI is InChI=1S/C30H35NO/c1-3-4-18-30-27-20-19-26(32-21-12-11-15-24-13-7-5-8-14-24)22-28(27)29(23-31(30)2)25-16-9-6-10-17-25/h5-10,13-14,16-17,19-20,22-23,30H,3-4,11-12,15,18,21H2,1-2H3. The van der Waals surface area contributed by atoms with Gasteiger partial charge in [0.05, 0.1) is 12.6 Å². The van der Waals surface area contributed by atoms with Crippen LogP contribution in [0.1, 0.15) is 67.3 Å². The second-order valence-corrected chi connectivity index (χ2v) is 8.77. The fraction of sp³-hybridized carbons (Fsp3) is 0.333. The van der Waals surface area contributed by atoms with E-state index < -0.39 is 0 Å². The molecule has 2 heteroatoms. The van der Waals surface area contributed by atoms with Crippen LogP contribution in [-0.4, -0.2) is 18.6 Å². The highest BCUT2D eigenvalue weighted by atomic mass is 16.5. The van der Waals surface area contributed by atoms with Crippen molar-refractivity contribution in [1.82, 2.24) is 4.90 Å². The van der Waals surface area contributed by atoms with Gasteiger partial charge in [-0.1, -0.05) is 86.5 Å². The number of fused-ring (bicyclic) bond motifs is 1. The van der Waals surface area contributed by atoms with Gasteiger partial charge in [-0.3, -0.25) is 0 Å². The summed E-state index contributed by atoms with van der Waals surface area (Å²) < 4.78 is 6.20. The van der Waals surface area contributed by atoms with E-state index in [4.69, 9.17) is 4.74 Å². The summed E-state index contributed by atoms with van der Waals surface area (Å²) in [4.78, 5) is 2.39. The molecule has 0 fully saturated rings. The van der Waals surface area contributed by atoms with Crippen molar-refractivity contribution in [3.63, 3.8) is 0 Å². The lowest BCUT2D eigenvalue weighted by atomic mass is 9.86. The van der Waals surface area contributed by atoms with Crippen LogP contribution in [0.15, 0.2) is 85.1 Å². The number of nitrogens with zero attached hydrogens (tertiary/aromatic N) is 1. The predicted octanol–water partition coefficient (Wildman–Crippen LogP) is 7.65. The van der Waals surface area contributed by atoms with Crippen LogP contribution in [0, 0.1) is 0 Å². The Balaban J connectivity index is 1.48. The fourth-order valence-electron chi connectivity index (χ4n) is 4.60. The molecule has 0 aromatic heterocycles. The predicted molar refractivity (Wildman–Crippen MR) is 135 cm³/mol. The molecule has 1 heterocycles. The van der Waals surface area contributed by atoms with Gasteiger partial charge >= 0.3 is 0 Å². The monoisotopic (exact) mass is 425 g/mol. The number of benzene rings is 3. The van der Waals surface area contributed by atoms with Crippen LogP contribution in [0.3, 0.4) is 0 Å². The van der Waals surface area contributed by atoms with Crippen molar-refractivity contribution in [2.45, 2.75) is 51.5 Å². The summed E-state index contributed by atoms with van der Waals surface area (Å²) in [6, 6.07) is 28.6. The Hall–Kier alpha value is -3.00. The summed E-state index contributed by atoms with van der Waals surface area (Å²) >= 11 is 0. The number of unbranched alkanes of at least 4 members (excludes halogenated alkanes) is 2. The third-order valence-corrected chi connectivity index (χ3v) is 6.39. The number of ether oxygens (including phenoxy) is 1. The molecule has 0 aliphatic carbocycles. The highest BCUT2D eigenvalue weighted by Crippen LogP contribution is 2.41. The van der Waals surface area contributed by atoms with Crippen molar-refractivity contribution in [1.29, 1.82) is 0 Å². The summed E-state index contributed by atoms with van der Waals surface area (Å²) in [7, 11) is 2.21. The minimum absolute atomic E-state index is 0.428. The second kappa shape index (κ2) is 11.0. The molecule has 0 radical (unpaired) electrons. The topological polar surface area (TPSA) is 12.5 Å². The summed E-state index contributed by atoms with van der Waals surface area (Å²) in [5.41, 5.74) is 6.68. The third-order valence-electron chi connectivity index (χ3n) is 6.39. The SMILES string of the molecule is CCCCC1c2ccc(OCCCCc3ccccc3)cc2C(c2ccccc2)=CN1C. The molecule has 32 heavy (non-hydrogen) atoms. The van der Waals surface area contributed by atoms with Gasteiger partial charge in [0.25, 0.3) is 0 Å². The Morgan fingerprint density at radius 2 is 1.59 bits per heavy atom. The summed E-state index contributed by atoms with van der Waals surface area (Å²) in [5, 5.41) is 0. The van der Waals surface area contributed by atoms with Crippen molar-refractivity contribution >= 4 is 5.57 Å². The van der Waals surface area contributed by atoms with Gasteiger partial charge in [0.2, 0.25) is 0 Å². The van der Waals surface area contributed by atoms with Gasteiger partial charge in [0.15, 0.2) is 0 Å². The van der Waals surface area contributed by atoms with Crippen LogP contribution >= 0.6 is 0 Å². The zero-order valence-corrected chi connectivity index (χ0v) is 19.5. The van der Waals surface area contributed by atoms with Gasteiger partial charge < -0.3 is 9.64 Å². The quantitative estimate of drug-likeness (QED) is 0.309. The van der Waals surface area contributed by atoms with E-state index in [-0.39, 0.29) is 0 Å². The molecule has 3 aromatic rings. The molecule has 0 bridgehead atoms. The maximum Gasteiger partial charge on any atom is 0.119 e. The molecule has 0 spiro atoms. The van der Waals surface area contributed by atoms with E-state index in [9.17, 15) is 0 Å². The molecule has 1 aliphatic rings. The Bertz CT molecular complexity index is 1010.